The van der Waals surface area contributed by atoms with Crippen molar-refractivity contribution in [1.82, 2.24) is 19.4 Å². The standard InChI is InChI=1S/C27H31N5O2/c1-33-26-10-6-8-23(16-26)18-32(17-22-7-5-9-25(15-22)31-14-11-28-21-31)27-29-24(20-34-27)19-30-12-3-2-4-13-30/h5-11,14-16,20-21H,2-4,12-13,17-19H2,1H3. The normalized spacial score (nSPS) is 14.3. The van der Waals surface area contributed by atoms with E-state index < -0.39 is 0 Å². The highest BCUT2D eigenvalue weighted by Gasteiger charge is 2.18. The minimum atomic E-state index is 0.642. The third-order valence-electron chi connectivity index (χ3n) is 6.24. The molecule has 1 aliphatic heterocycles. The molecule has 0 spiro atoms. The second-order valence-corrected chi connectivity index (χ2v) is 8.81. The van der Waals surface area contributed by atoms with Crippen LogP contribution in [0.15, 0.2) is 77.9 Å². The Hall–Kier alpha value is -3.58. The summed E-state index contributed by atoms with van der Waals surface area (Å²) in [6.45, 7) is 4.44. The molecule has 0 N–H and O–H groups in total. The lowest BCUT2D eigenvalue weighted by atomic mass is 10.1. The van der Waals surface area contributed by atoms with E-state index in [2.05, 4.69) is 51.2 Å². The predicted molar refractivity (Wildman–Crippen MR) is 132 cm³/mol. The molecule has 3 heterocycles. The van der Waals surface area contributed by atoms with Crippen molar-refractivity contribution in [3.05, 3.63) is 90.3 Å². The maximum absolute atomic E-state index is 6.01. The summed E-state index contributed by atoms with van der Waals surface area (Å²) in [4.78, 5) is 13.7. The van der Waals surface area contributed by atoms with E-state index in [-0.39, 0.29) is 0 Å². The van der Waals surface area contributed by atoms with Crippen LogP contribution < -0.4 is 9.64 Å². The van der Waals surface area contributed by atoms with Crippen LogP contribution in [0.1, 0.15) is 36.1 Å². The first-order chi connectivity index (χ1) is 16.8. The molecule has 34 heavy (non-hydrogen) atoms. The van der Waals surface area contributed by atoms with Gasteiger partial charge < -0.3 is 18.6 Å². The Labute approximate surface area is 200 Å². The summed E-state index contributed by atoms with van der Waals surface area (Å²) in [6.07, 6.45) is 11.2. The number of oxazole rings is 1. The first kappa shape index (κ1) is 22.2. The third kappa shape index (κ3) is 5.48. The number of methoxy groups -OCH3 is 1. The van der Waals surface area contributed by atoms with Crippen molar-refractivity contribution in [3.63, 3.8) is 0 Å². The first-order valence-corrected chi connectivity index (χ1v) is 11.9. The van der Waals surface area contributed by atoms with Crippen LogP contribution in [-0.4, -0.2) is 39.6 Å². The molecule has 176 valence electrons. The van der Waals surface area contributed by atoms with E-state index in [0.29, 0.717) is 19.1 Å². The van der Waals surface area contributed by atoms with Crippen molar-refractivity contribution in [2.24, 2.45) is 0 Å². The van der Waals surface area contributed by atoms with Gasteiger partial charge in [0.1, 0.15) is 12.0 Å². The number of rotatable bonds is 9. The maximum Gasteiger partial charge on any atom is 0.298 e. The molecule has 1 aliphatic rings. The van der Waals surface area contributed by atoms with Gasteiger partial charge in [0, 0.05) is 37.7 Å². The Bertz CT molecular complexity index is 1180. The zero-order valence-corrected chi connectivity index (χ0v) is 19.6. The Morgan fingerprint density at radius 2 is 1.79 bits per heavy atom. The quantitative estimate of drug-likeness (QED) is 0.350. The number of benzene rings is 2. The van der Waals surface area contributed by atoms with Crippen LogP contribution in [-0.2, 0) is 19.6 Å². The fraction of sp³-hybridized carbons (Fsp3) is 0.333. The molecule has 1 saturated heterocycles. The topological polar surface area (TPSA) is 59.6 Å². The summed E-state index contributed by atoms with van der Waals surface area (Å²) in [5, 5.41) is 0. The number of nitrogens with zero attached hydrogens (tertiary/aromatic N) is 5. The molecule has 5 rings (SSSR count). The highest BCUT2D eigenvalue weighted by Crippen LogP contribution is 2.24. The monoisotopic (exact) mass is 457 g/mol. The minimum absolute atomic E-state index is 0.642. The van der Waals surface area contributed by atoms with Crippen molar-refractivity contribution < 1.29 is 9.15 Å². The van der Waals surface area contributed by atoms with Crippen molar-refractivity contribution >= 4 is 6.01 Å². The Kier molecular flexibility index (Phi) is 6.91. The number of aromatic nitrogens is 3. The summed E-state index contributed by atoms with van der Waals surface area (Å²) in [6, 6.07) is 17.3. The molecule has 0 radical (unpaired) electrons. The lowest BCUT2D eigenvalue weighted by Gasteiger charge is -2.25. The van der Waals surface area contributed by atoms with Crippen LogP contribution in [0.2, 0.25) is 0 Å². The zero-order chi connectivity index (χ0) is 23.2. The number of hydrogen-bond donors (Lipinski definition) is 0. The molecule has 0 unspecified atom stereocenters. The third-order valence-corrected chi connectivity index (χ3v) is 6.24. The number of anilines is 1. The van der Waals surface area contributed by atoms with Gasteiger partial charge in [0.15, 0.2) is 0 Å². The van der Waals surface area contributed by atoms with Crippen LogP contribution in [0.3, 0.4) is 0 Å². The second kappa shape index (κ2) is 10.6. The van der Waals surface area contributed by atoms with Gasteiger partial charge in [-0.05, 0) is 61.3 Å². The molecule has 0 aliphatic carbocycles. The summed E-state index contributed by atoms with van der Waals surface area (Å²) in [7, 11) is 1.69. The number of hydrogen-bond acceptors (Lipinski definition) is 6. The van der Waals surface area contributed by atoms with E-state index in [0.717, 1.165) is 42.3 Å². The largest absolute Gasteiger partial charge is 0.497 e. The fourth-order valence-electron chi connectivity index (χ4n) is 4.49. The number of likely N-dealkylation sites (tertiary alicyclic amines) is 1. The van der Waals surface area contributed by atoms with Gasteiger partial charge in [-0.25, -0.2) is 4.98 Å². The van der Waals surface area contributed by atoms with Gasteiger partial charge in [0.2, 0.25) is 0 Å². The van der Waals surface area contributed by atoms with Crippen molar-refractivity contribution in [3.8, 4) is 11.4 Å². The second-order valence-electron chi connectivity index (χ2n) is 8.81. The van der Waals surface area contributed by atoms with Gasteiger partial charge >= 0.3 is 0 Å². The van der Waals surface area contributed by atoms with Gasteiger partial charge in [-0.1, -0.05) is 30.7 Å². The summed E-state index contributed by atoms with van der Waals surface area (Å²) < 4.78 is 13.5. The molecule has 2 aromatic heterocycles. The van der Waals surface area contributed by atoms with Gasteiger partial charge in [0.25, 0.3) is 6.01 Å². The summed E-state index contributed by atoms with van der Waals surface area (Å²) in [5.74, 6) is 0.845. The average molecular weight is 458 g/mol. The highest BCUT2D eigenvalue weighted by molar-refractivity contribution is 5.40. The van der Waals surface area contributed by atoms with Gasteiger partial charge in [0.05, 0.1) is 19.1 Å². The molecule has 4 aromatic rings. The molecule has 0 bridgehead atoms. The van der Waals surface area contributed by atoms with Gasteiger partial charge in [-0.3, -0.25) is 4.90 Å². The highest BCUT2D eigenvalue weighted by atomic mass is 16.5. The van der Waals surface area contributed by atoms with E-state index in [9.17, 15) is 0 Å². The van der Waals surface area contributed by atoms with Crippen LogP contribution >= 0.6 is 0 Å². The fourth-order valence-corrected chi connectivity index (χ4v) is 4.49. The lowest BCUT2D eigenvalue weighted by molar-refractivity contribution is 0.218. The Morgan fingerprint density at radius 1 is 1.00 bits per heavy atom. The molecule has 2 aromatic carbocycles. The molecular weight excluding hydrogens is 426 g/mol. The molecular formula is C27H31N5O2. The van der Waals surface area contributed by atoms with Crippen LogP contribution in [0.4, 0.5) is 6.01 Å². The molecule has 0 saturated carbocycles. The van der Waals surface area contributed by atoms with E-state index in [1.165, 1.54) is 24.8 Å². The SMILES string of the molecule is COc1cccc(CN(Cc2cccc(-n3ccnc3)c2)c2nc(CN3CCCCC3)co2)c1. The Morgan fingerprint density at radius 3 is 2.56 bits per heavy atom. The van der Waals surface area contributed by atoms with E-state index in [1.54, 1.807) is 13.3 Å². The summed E-state index contributed by atoms with van der Waals surface area (Å²) >= 11 is 0. The van der Waals surface area contributed by atoms with Crippen molar-refractivity contribution in [1.29, 1.82) is 0 Å². The minimum Gasteiger partial charge on any atom is -0.497 e. The van der Waals surface area contributed by atoms with Crippen LogP contribution in [0.5, 0.6) is 5.75 Å². The molecule has 0 amide bonds. The Balaban J connectivity index is 1.39. The van der Waals surface area contributed by atoms with Gasteiger partial charge in [-0.15, -0.1) is 0 Å². The maximum atomic E-state index is 6.01. The number of piperidine rings is 1. The summed E-state index contributed by atoms with van der Waals surface area (Å²) in [5.41, 5.74) is 4.38. The smallest absolute Gasteiger partial charge is 0.298 e. The average Bonchev–Trinajstić information content (AvgIpc) is 3.58. The van der Waals surface area contributed by atoms with Gasteiger partial charge in [-0.2, -0.15) is 4.98 Å². The molecule has 0 atom stereocenters. The number of imidazole rings is 1. The van der Waals surface area contributed by atoms with Crippen LogP contribution in [0, 0.1) is 0 Å². The lowest BCUT2D eigenvalue weighted by Crippen LogP contribution is -2.29. The number of ether oxygens (including phenoxy) is 1. The molecule has 7 nitrogen and oxygen atoms in total. The van der Waals surface area contributed by atoms with Crippen LogP contribution in [0.25, 0.3) is 5.69 Å². The van der Waals surface area contributed by atoms with E-state index in [1.807, 2.05) is 35.5 Å². The van der Waals surface area contributed by atoms with Crippen molar-refractivity contribution in [2.75, 3.05) is 25.1 Å². The zero-order valence-electron chi connectivity index (χ0n) is 19.6. The van der Waals surface area contributed by atoms with E-state index >= 15 is 0 Å². The predicted octanol–water partition coefficient (Wildman–Crippen LogP) is 5.06. The van der Waals surface area contributed by atoms with E-state index in [4.69, 9.17) is 14.1 Å². The first-order valence-electron chi connectivity index (χ1n) is 11.9. The molecule has 7 heteroatoms. The van der Waals surface area contributed by atoms with Crippen molar-refractivity contribution in [2.45, 2.75) is 38.9 Å². The molecule has 1 fully saturated rings.